The maximum Gasteiger partial charge on any atom is 0.216 e. The Bertz CT molecular complexity index is 1620. The molecule has 0 bridgehead atoms. The summed E-state index contributed by atoms with van der Waals surface area (Å²) >= 11 is 0. The number of nitrogens with zero attached hydrogens (tertiary/aromatic N) is 1. The summed E-state index contributed by atoms with van der Waals surface area (Å²) in [5, 5.41) is 15.7. The minimum Gasteiger partial charge on any atom is -0.488 e. The minimum atomic E-state index is -0.261. The molecular weight excluding hydrogens is 534 g/mol. The molecule has 2 N–H and O–H groups in total. The number of rotatable bonds is 12. The Labute approximate surface area is 254 Å². The van der Waals surface area contributed by atoms with Gasteiger partial charge in [0.25, 0.3) is 0 Å². The summed E-state index contributed by atoms with van der Waals surface area (Å²) in [6.07, 6.45) is 2.73. The van der Waals surface area contributed by atoms with E-state index in [0.29, 0.717) is 31.8 Å². The van der Waals surface area contributed by atoms with Crippen LogP contribution in [0.15, 0.2) is 78.9 Å². The van der Waals surface area contributed by atoms with Crippen LogP contribution in [0.5, 0.6) is 11.5 Å². The van der Waals surface area contributed by atoms with Gasteiger partial charge in [-0.15, -0.1) is 0 Å². The van der Waals surface area contributed by atoms with Crippen molar-refractivity contribution in [1.82, 2.24) is 10.6 Å². The molecule has 0 aromatic heterocycles. The lowest BCUT2D eigenvalue weighted by atomic mass is 9.97. The summed E-state index contributed by atoms with van der Waals surface area (Å²) in [6, 6.07) is 28.7. The van der Waals surface area contributed by atoms with E-state index in [1.54, 1.807) is 6.07 Å². The molecule has 1 aliphatic carbocycles. The molecular formula is C37H39N3O3. The molecule has 1 atom stereocenters. The van der Waals surface area contributed by atoms with Crippen molar-refractivity contribution in [3.05, 3.63) is 118 Å². The Morgan fingerprint density at radius 1 is 0.953 bits per heavy atom. The highest BCUT2D eigenvalue weighted by Crippen LogP contribution is 2.41. The zero-order chi connectivity index (χ0) is 30.2. The van der Waals surface area contributed by atoms with Gasteiger partial charge in [-0.05, 0) is 84.2 Å². The molecule has 0 heterocycles. The number of amides is 1. The van der Waals surface area contributed by atoms with Gasteiger partial charge in [0, 0.05) is 38.2 Å². The van der Waals surface area contributed by atoms with Crippen molar-refractivity contribution in [2.75, 3.05) is 13.1 Å². The van der Waals surface area contributed by atoms with E-state index in [1.165, 1.54) is 34.7 Å². The fraction of sp³-hybridized carbons (Fsp3) is 0.297. The van der Waals surface area contributed by atoms with E-state index in [2.05, 4.69) is 72.2 Å². The fourth-order valence-corrected chi connectivity index (χ4v) is 5.80. The van der Waals surface area contributed by atoms with E-state index >= 15 is 0 Å². The quantitative estimate of drug-likeness (QED) is 0.179. The first kappa shape index (κ1) is 29.9. The van der Waals surface area contributed by atoms with E-state index in [0.717, 1.165) is 47.5 Å². The second-order valence-corrected chi connectivity index (χ2v) is 11.1. The molecule has 1 amide bonds. The van der Waals surface area contributed by atoms with Crippen LogP contribution in [0.25, 0.3) is 11.1 Å². The van der Waals surface area contributed by atoms with Crippen molar-refractivity contribution in [3.8, 4) is 28.7 Å². The fourth-order valence-electron chi connectivity index (χ4n) is 5.80. The molecule has 4 aromatic rings. The van der Waals surface area contributed by atoms with E-state index in [-0.39, 0.29) is 12.0 Å². The lowest BCUT2D eigenvalue weighted by Crippen LogP contribution is -2.30. The smallest absolute Gasteiger partial charge is 0.216 e. The lowest BCUT2D eigenvalue weighted by molar-refractivity contribution is -0.118. The van der Waals surface area contributed by atoms with Gasteiger partial charge in [0.1, 0.15) is 24.2 Å². The average Bonchev–Trinajstić information content (AvgIpc) is 3.52. The van der Waals surface area contributed by atoms with Crippen LogP contribution in [0.2, 0.25) is 0 Å². The van der Waals surface area contributed by atoms with Gasteiger partial charge in [-0.2, -0.15) is 5.26 Å². The van der Waals surface area contributed by atoms with Crippen LogP contribution in [-0.2, 0) is 30.8 Å². The molecule has 43 heavy (non-hydrogen) atoms. The number of ether oxygens (including phenoxy) is 2. The van der Waals surface area contributed by atoms with Crippen molar-refractivity contribution in [2.45, 2.75) is 59.3 Å². The highest BCUT2D eigenvalue weighted by Gasteiger charge is 2.25. The number of carbonyl (C=O) groups is 1. The van der Waals surface area contributed by atoms with E-state index in [9.17, 15) is 10.1 Å². The number of fused-ring (bicyclic) bond motifs is 1. The Kier molecular flexibility index (Phi) is 9.76. The predicted octanol–water partition coefficient (Wildman–Crippen LogP) is 6.97. The van der Waals surface area contributed by atoms with Crippen molar-refractivity contribution in [2.24, 2.45) is 0 Å². The van der Waals surface area contributed by atoms with Gasteiger partial charge in [-0.25, -0.2) is 0 Å². The number of nitriles is 1. The third-order valence-corrected chi connectivity index (χ3v) is 8.12. The van der Waals surface area contributed by atoms with Gasteiger partial charge >= 0.3 is 0 Å². The Morgan fingerprint density at radius 2 is 1.74 bits per heavy atom. The SMILES string of the molecule is CC(=O)NCCNCc1c(OC(C)c2cccc(C#N)c2)cc(OCc2cccc(-c3ccccc3)c2C)c2c1CCC2. The molecule has 0 spiro atoms. The maximum absolute atomic E-state index is 11.3. The van der Waals surface area contributed by atoms with E-state index in [1.807, 2.05) is 31.2 Å². The van der Waals surface area contributed by atoms with Gasteiger partial charge in [-0.3, -0.25) is 4.79 Å². The molecule has 220 valence electrons. The highest BCUT2D eigenvalue weighted by atomic mass is 16.5. The summed E-state index contributed by atoms with van der Waals surface area (Å²) in [5.41, 5.74) is 10.0. The maximum atomic E-state index is 11.3. The van der Waals surface area contributed by atoms with E-state index < -0.39 is 0 Å². The first-order valence-electron chi connectivity index (χ1n) is 15.0. The van der Waals surface area contributed by atoms with Crippen LogP contribution in [-0.4, -0.2) is 19.0 Å². The molecule has 4 aromatic carbocycles. The van der Waals surface area contributed by atoms with Gasteiger partial charge in [-0.1, -0.05) is 60.7 Å². The van der Waals surface area contributed by atoms with Gasteiger partial charge < -0.3 is 20.1 Å². The zero-order valence-corrected chi connectivity index (χ0v) is 25.2. The van der Waals surface area contributed by atoms with Crippen LogP contribution in [0.4, 0.5) is 0 Å². The Balaban J connectivity index is 1.43. The number of carbonyl (C=O) groups excluding carboxylic acids is 1. The largest absolute Gasteiger partial charge is 0.488 e. The summed E-state index contributed by atoms with van der Waals surface area (Å²) in [7, 11) is 0. The first-order valence-corrected chi connectivity index (χ1v) is 15.0. The number of nitrogens with one attached hydrogen (secondary N) is 2. The van der Waals surface area contributed by atoms with Crippen molar-refractivity contribution < 1.29 is 14.3 Å². The predicted molar refractivity (Wildman–Crippen MR) is 170 cm³/mol. The van der Waals surface area contributed by atoms with E-state index in [4.69, 9.17) is 9.47 Å². The molecule has 1 aliphatic rings. The third kappa shape index (κ3) is 7.25. The molecule has 1 unspecified atom stereocenters. The number of benzene rings is 4. The van der Waals surface area contributed by atoms with Crippen LogP contribution < -0.4 is 20.1 Å². The summed E-state index contributed by atoms with van der Waals surface area (Å²) in [6.45, 7) is 8.01. The standard InChI is InChI=1S/C37H39N3O3/c1-25-31(14-8-15-32(25)29-11-5-4-6-12-29)24-42-36-21-37(43-26(2)30-13-7-10-28(20-30)22-38)35(33-16-9-17-34(33)36)23-39-18-19-40-27(3)41/h4-8,10-15,20-21,26,39H,9,16-19,23-24H2,1-3H3,(H,40,41). The zero-order valence-electron chi connectivity index (χ0n) is 25.2. The average molecular weight is 574 g/mol. The molecule has 6 nitrogen and oxygen atoms in total. The van der Waals surface area contributed by atoms with Crippen LogP contribution >= 0.6 is 0 Å². The van der Waals surface area contributed by atoms with Crippen molar-refractivity contribution >= 4 is 5.91 Å². The molecule has 0 saturated heterocycles. The normalized spacial score (nSPS) is 12.7. The minimum absolute atomic E-state index is 0.0359. The second kappa shape index (κ2) is 14.0. The van der Waals surface area contributed by atoms with Gasteiger partial charge in [0.2, 0.25) is 5.91 Å². The lowest BCUT2D eigenvalue weighted by Gasteiger charge is -2.23. The molecule has 0 saturated carbocycles. The molecule has 0 fully saturated rings. The molecule has 6 heteroatoms. The van der Waals surface area contributed by atoms with Crippen LogP contribution in [0.1, 0.15) is 65.3 Å². The summed E-state index contributed by atoms with van der Waals surface area (Å²) in [4.78, 5) is 11.3. The monoisotopic (exact) mass is 573 g/mol. The Hall–Kier alpha value is -4.60. The van der Waals surface area contributed by atoms with Crippen molar-refractivity contribution in [1.29, 1.82) is 5.26 Å². The number of hydrogen-bond donors (Lipinski definition) is 2. The topological polar surface area (TPSA) is 83.4 Å². The van der Waals surface area contributed by atoms with Crippen LogP contribution in [0, 0.1) is 18.3 Å². The first-order chi connectivity index (χ1) is 20.9. The summed E-state index contributed by atoms with van der Waals surface area (Å²) in [5.74, 6) is 1.62. The molecule has 0 radical (unpaired) electrons. The van der Waals surface area contributed by atoms with Crippen LogP contribution in [0.3, 0.4) is 0 Å². The van der Waals surface area contributed by atoms with Gasteiger partial charge in [0.05, 0.1) is 11.6 Å². The second-order valence-electron chi connectivity index (χ2n) is 11.1. The molecule has 0 aliphatic heterocycles. The Morgan fingerprint density at radius 3 is 2.53 bits per heavy atom. The third-order valence-electron chi connectivity index (χ3n) is 8.12. The number of hydrogen-bond acceptors (Lipinski definition) is 5. The summed E-state index contributed by atoms with van der Waals surface area (Å²) < 4.78 is 13.3. The molecule has 5 rings (SSSR count). The highest BCUT2D eigenvalue weighted by molar-refractivity contribution is 5.72. The van der Waals surface area contributed by atoms with Crippen molar-refractivity contribution in [3.63, 3.8) is 0 Å². The van der Waals surface area contributed by atoms with Gasteiger partial charge in [0.15, 0.2) is 0 Å².